The van der Waals surface area contributed by atoms with Crippen molar-refractivity contribution in [2.45, 2.75) is 46.3 Å². The first-order valence-corrected chi connectivity index (χ1v) is 5.98. The lowest BCUT2D eigenvalue weighted by Gasteiger charge is -2.22. The monoisotopic (exact) mass is 251 g/mol. The molecule has 0 radical (unpaired) electrons. The van der Waals surface area contributed by atoms with Crippen molar-refractivity contribution in [3.05, 3.63) is 23.8 Å². The lowest BCUT2D eigenvalue weighted by molar-refractivity contribution is 0.0377. The predicted molar refractivity (Wildman–Crippen MR) is 71.8 cm³/mol. The van der Waals surface area contributed by atoms with Crippen LogP contribution in [0.1, 0.15) is 45.0 Å². The summed E-state index contributed by atoms with van der Waals surface area (Å²) >= 11 is 0. The zero-order valence-corrected chi connectivity index (χ0v) is 11.6. The zero-order valence-electron chi connectivity index (χ0n) is 11.6. The standard InChI is InChI=1S/C14H21NO3/c1-9(2)17-13(16)11-8-10(6-7-12(11)15)18-14(3,4)5/h6-9H,15H2,1-5H3. The quantitative estimate of drug-likeness (QED) is 0.662. The Morgan fingerprint density at radius 1 is 1.28 bits per heavy atom. The molecule has 0 aromatic heterocycles. The molecule has 0 aliphatic heterocycles. The fourth-order valence-electron chi connectivity index (χ4n) is 1.41. The molecule has 0 aliphatic rings. The Morgan fingerprint density at radius 2 is 1.89 bits per heavy atom. The summed E-state index contributed by atoms with van der Waals surface area (Å²) < 4.78 is 10.8. The Bertz CT molecular complexity index is 433. The van der Waals surface area contributed by atoms with Crippen LogP contribution in [0.15, 0.2) is 18.2 Å². The van der Waals surface area contributed by atoms with E-state index in [1.807, 2.05) is 20.8 Å². The van der Waals surface area contributed by atoms with Crippen molar-refractivity contribution < 1.29 is 14.3 Å². The Morgan fingerprint density at radius 3 is 2.39 bits per heavy atom. The van der Waals surface area contributed by atoms with Gasteiger partial charge in [0.1, 0.15) is 11.4 Å². The van der Waals surface area contributed by atoms with Crippen LogP contribution in [0.25, 0.3) is 0 Å². The van der Waals surface area contributed by atoms with Gasteiger partial charge in [-0.25, -0.2) is 4.79 Å². The molecule has 0 spiro atoms. The summed E-state index contributed by atoms with van der Waals surface area (Å²) in [5.41, 5.74) is 6.18. The molecule has 0 fully saturated rings. The van der Waals surface area contributed by atoms with Crippen molar-refractivity contribution >= 4 is 11.7 Å². The van der Waals surface area contributed by atoms with E-state index in [9.17, 15) is 4.79 Å². The maximum absolute atomic E-state index is 11.8. The lowest BCUT2D eigenvalue weighted by atomic mass is 10.1. The van der Waals surface area contributed by atoms with E-state index < -0.39 is 5.97 Å². The maximum atomic E-state index is 11.8. The minimum atomic E-state index is -0.429. The van der Waals surface area contributed by atoms with Gasteiger partial charge in [-0.3, -0.25) is 0 Å². The van der Waals surface area contributed by atoms with Crippen molar-refractivity contribution in [2.24, 2.45) is 0 Å². The van der Waals surface area contributed by atoms with Crippen LogP contribution in [0.5, 0.6) is 5.75 Å². The molecule has 18 heavy (non-hydrogen) atoms. The van der Waals surface area contributed by atoms with Crippen molar-refractivity contribution in [1.29, 1.82) is 0 Å². The molecule has 4 heteroatoms. The van der Waals surface area contributed by atoms with Gasteiger partial charge in [-0.15, -0.1) is 0 Å². The van der Waals surface area contributed by atoms with Crippen molar-refractivity contribution in [3.63, 3.8) is 0 Å². The Hall–Kier alpha value is -1.71. The van der Waals surface area contributed by atoms with Gasteiger partial charge in [0, 0.05) is 5.69 Å². The molecule has 0 bridgehead atoms. The van der Waals surface area contributed by atoms with Crippen LogP contribution < -0.4 is 10.5 Å². The number of rotatable bonds is 3. The molecule has 0 aliphatic carbocycles. The summed E-state index contributed by atoms with van der Waals surface area (Å²) in [6, 6.07) is 5.01. The number of carbonyl (C=O) groups excluding carboxylic acids is 1. The van der Waals surface area contributed by atoms with Crippen LogP contribution in [-0.4, -0.2) is 17.7 Å². The van der Waals surface area contributed by atoms with Gasteiger partial charge in [-0.1, -0.05) is 0 Å². The van der Waals surface area contributed by atoms with E-state index in [2.05, 4.69) is 0 Å². The number of esters is 1. The number of ether oxygens (including phenoxy) is 2. The third-order valence-corrected chi connectivity index (χ3v) is 2.01. The molecule has 2 N–H and O–H groups in total. The number of carbonyl (C=O) groups is 1. The number of hydrogen-bond acceptors (Lipinski definition) is 4. The van der Waals surface area contributed by atoms with E-state index in [4.69, 9.17) is 15.2 Å². The SMILES string of the molecule is CC(C)OC(=O)c1cc(OC(C)(C)C)ccc1N. The highest BCUT2D eigenvalue weighted by molar-refractivity contribution is 5.95. The normalized spacial score (nSPS) is 11.4. The smallest absolute Gasteiger partial charge is 0.340 e. The predicted octanol–water partition coefficient (Wildman–Crippen LogP) is 3.01. The number of hydrogen-bond donors (Lipinski definition) is 1. The summed E-state index contributed by atoms with van der Waals surface area (Å²) in [4.78, 5) is 11.8. The highest BCUT2D eigenvalue weighted by atomic mass is 16.5. The summed E-state index contributed by atoms with van der Waals surface area (Å²) in [5.74, 6) is 0.175. The fraction of sp³-hybridized carbons (Fsp3) is 0.500. The lowest BCUT2D eigenvalue weighted by Crippen LogP contribution is -2.23. The highest BCUT2D eigenvalue weighted by Gasteiger charge is 2.17. The molecular weight excluding hydrogens is 230 g/mol. The third kappa shape index (κ3) is 4.28. The Labute approximate surface area is 108 Å². The minimum Gasteiger partial charge on any atom is -0.488 e. The van der Waals surface area contributed by atoms with Crippen LogP contribution >= 0.6 is 0 Å². The van der Waals surface area contributed by atoms with Crippen LogP contribution in [0, 0.1) is 0 Å². The van der Waals surface area contributed by atoms with E-state index >= 15 is 0 Å². The first-order valence-electron chi connectivity index (χ1n) is 5.98. The van der Waals surface area contributed by atoms with Crippen LogP contribution in [0.4, 0.5) is 5.69 Å². The van der Waals surface area contributed by atoms with Gasteiger partial charge in [-0.05, 0) is 52.8 Å². The number of benzene rings is 1. The first-order chi connectivity index (χ1) is 8.19. The molecule has 0 atom stereocenters. The molecule has 0 saturated carbocycles. The molecular formula is C14H21NO3. The van der Waals surface area contributed by atoms with Crippen LogP contribution in [0.3, 0.4) is 0 Å². The fourth-order valence-corrected chi connectivity index (χ4v) is 1.41. The van der Waals surface area contributed by atoms with E-state index in [0.717, 1.165) is 0 Å². The molecule has 1 aromatic rings. The highest BCUT2D eigenvalue weighted by Crippen LogP contribution is 2.24. The molecule has 0 saturated heterocycles. The van der Waals surface area contributed by atoms with E-state index in [0.29, 0.717) is 17.0 Å². The summed E-state index contributed by atoms with van der Waals surface area (Å²) in [5, 5.41) is 0. The average Bonchev–Trinajstić information content (AvgIpc) is 2.17. The van der Waals surface area contributed by atoms with Gasteiger partial charge in [0.15, 0.2) is 0 Å². The molecule has 0 amide bonds. The molecule has 4 nitrogen and oxygen atoms in total. The average molecular weight is 251 g/mol. The molecule has 1 aromatic carbocycles. The van der Waals surface area contributed by atoms with Crippen molar-refractivity contribution in [1.82, 2.24) is 0 Å². The zero-order chi connectivity index (χ0) is 13.9. The second-order valence-corrected chi connectivity index (χ2v) is 5.42. The van der Waals surface area contributed by atoms with Crippen LogP contribution in [-0.2, 0) is 4.74 Å². The maximum Gasteiger partial charge on any atom is 0.340 e. The van der Waals surface area contributed by atoms with Crippen molar-refractivity contribution in [3.8, 4) is 5.75 Å². The number of nitrogen functional groups attached to an aromatic ring is 1. The van der Waals surface area contributed by atoms with Gasteiger partial charge < -0.3 is 15.2 Å². The van der Waals surface area contributed by atoms with Crippen LogP contribution in [0.2, 0.25) is 0 Å². The van der Waals surface area contributed by atoms with E-state index in [-0.39, 0.29) is 11.7 Å². The second kappa shape index (κ2) is 5.29. The topological polar surface area (TPSA) is 61.5 Å². The third-order valence-electron chi connectivity index (χ3n) is 2.01. The van der Waals surface area contributed by atoms with Gasteiger partial charge in [0.2, 0.25) is 0 Å². The number of anilines is 1. The summed E-state index contributed by atoms with van der Waals surface area (Å²) in [6.07, 6.45) is -0.177. The Balaban J connectivity index is 2.98. The summed E-state index contributed by atoms with van der Waals surface area (Å²) in [6.45, 7) is 9.41. The largest absolute Gasteiger partial charge is 0.488 e. The summed E-state index contributed by atoms with van der Waals surface area (Å²) in [7, 11) is 0. The first kappa shape index (κ1) is 14.4. The second-order valence-electron chi connectivity index (χ2n) is 5.42. The van der Waals surface area contributed by atoms with E-state index in [1.54, 1.807) is 32.0 Å². The minimum absolute atomic E-state index is 0.177. The molecule has 0 unspecified atom stereocenters. The van der Waals surface area contributed by atoms with E-state index in [1.165, 1.54) is 0 Å². The van der Waals surface area contributed by atoms with Gasteiger partial charge in [0.25, 0.3) is 0 Å². The molecule has 100 valence electrons. The molecule has 0 heterocycles. The van der Waals surface area contributed by atoms with Crippen molar-refractivity contribution in [2.75, 3.05) is 5.73 Å². The van der Waals surface area contributed by atoms with Gasteiger partial charge >= 0.3 is 5.97 Å². The Kier molecular flexibility index (Phi) is 4.22. The molecule has 1 rings (SSSR count). The number of nitrogens with two attached hydrogens (primary N) is 1. The van der Waals surface area contributed by atoms with Gasteiger partial charge in [0.05, 0.1) is 11.7 Å². The van der Waals surface area contributed by atoms with Gasteiger partial charge in [-0.2, -0.15) is 0 Å².